The molecule has 13 nitrogen and oxygen atoms in total. The van der Waals surface area contributed by atoms with Crippen LogP contribution >= 0.6 is 0 Å². The van der Waals surface area contributed by atoms with Gasteiger partial charge in [-0.05, 0) is 72.8 Å². The molecule has 0 bridgehead atoms. The van der Waals surface area contributed by atoms with Crippen molar-refractivity contribution in [1.29, 1.82) is 0 Å². The van der Waals surface area contributed by atoms with Gasteiger partial charge in [0.25, 0.3) is 17.7 Å². The largest absolute Gasteiger partial charge is 0.378 e. The van der Waals surface area contributed by atoms with Gasteiger partial charge in [-0.2, -0.15) is 0 Å². The first-order valence-electron chi connectivity index (χ1n) is 18.6. The topological polar surface area (TPSA) is 131 Å². The van der Waals surface area contributed by atoms with Crippen molar-refractivity contribution in [3.8, 4) is 0 Å². The van der Waals surface area contributed by atoms with Crippen LogP contribution in [0.3, 0.4) is 0 Å². The zero-order valence-corrected chi connectivity index (χ0v) is 30.2. The van der Waals surface area contributed by atoms with Crippen LogP contribution < -0.4 is 4.90 Å². The number of nitrogens with zero attached hydrogens (tertiary/aromatic N) is 7. The second kappa shape index (κ2) is 15.0. The van der Waals surface area contributed by atoms with Gasteiger partial charge in [0.05, 0.1) is 56.2 Å². The second-order valence-corrected chi connectivity index (χ2v) is 13.8. The molecule has 6 aromatic rings. The lowest BCUT2D eigenvalue weighted by atomic mass is 10.1. The summed E-state index contributed by atoms with van der Waals surface area (Å²) in [7, 11) is 0. The van der Waals surface area contributed by atoms with Gasteiger partial charge in [0.2, 0.25) is 0 Å². The number of pyridine rings is 3. The minimum Gasteiger partial charge on any atom is -0.378 e. The summed E-state index contributed by atoms with van der Waals surface area (Å²) in [6.45, 7) is 6.33. The number of hydrogen-bond donors (Lipinski definition) is 0. The van der Waals surface area contributed by atoms with Crippen LogP contribution in [0.4, 0.5) is 17.5 Å². The second-order valence-electron chi connectivity index (χ2n) is 13.8. The van der Waals surface area contributed by atoms with Crippen LogP contribution in [-0.2, 0) is 14.2 Å². The number of benzene rings is 3. The molecule has 0 unspecified atom stereocenters. The predicted molar refractivity (Wildman–Crippen MR) is 207 cm³/mol. The summed E-state index contributed by atoms with van der Waals surface area (Å²) < 4.78 is 16.4. The molecule has 13 heteroatoms. The third-order valence-corrected chi connectivity index (χ3v) is 10.4. The Bertz CT molecular complexity index is 2170. The van der Waals surface area contributed by atoms with E-state index in [2.05, 4.69) is 0 Å². The van der Waals surface area contributed by atoms with Crippen LogP contribution in [0.2, 0.25) is 0 Å². The highest BCUT2D eigenvalue weighted by molar-refractivity contribution is 6.00. The van der Waals surface area contributed by atoms with E-state index in [0.717, 1.165) is 16.2 Å². The summed E-state index contributed by atoms with van der Waals surface area (Å²) in [5, 5.41) is 2.62. The van der Waals surface area contributed by atoms with E-state index in [9.17, 15) is 14.4 Å². The van der Waals surface area contributed by atoms with Gasteiger partial charge in [-0.1, -0.05) is 18.2 Å². The Morgan fingerprint density at radius 3 is 0.982 bits per heavy atom. The van der Waals surface area contributed by atoms with Crippen molar-refractivity contribution in [2.45, 2.75) is 0 Å². The standard InChI is InChI=1S/C42H39N7O6/c50-40(46-13-19-53-20-14-46)31-4-1-28-7-10-37(43-34(28)25-31)49(38-11-8-29-2-5-32(26-35(29)44-38)41(51)47-15-21-54-22-16-47)39-12-9-30-3-6-33(27-36(30)45-39)42(52)48-17-23-55-24-18-48/h1-12,25-27H,13-24H2. The average Bonchev–Trinajstić information content (AvgIpc) is 3.26. The lowest BCUT2D eigenvalue weighted by molar-refractivity contribution is 0.0301. The lowest BCUT2D eigenvalue weighted by Crippen LogP contribution is -2.40. The number of morpholine rings is 3. The van der Waals surface area contributed by atoms with Crippen LogP contribution in [-0.4, -0.2) is 126 Å². The number of aromatic nitrogens is 3. The third kappa shape index (κ3) is 7.05. The first kappa shape index (κ1) is 34.7. The monoisotopic (exact) mass is 737 g/mol. The Labute approximate surface area is 317 Å². The molecule has 0 spiro atoms. The molecule has 6 heterocycles. The number of ether oxygens (including phenoxy) is 3. The van der Waals surface area contributed by atoms with Crippen molar-refractivity contribution >= 4 is 67.9 Å². The SMILES string of the molecule is O=C(c1ccc2ccc(N(c3ccc4ccc(C(=O)N5CCOCC5)cc4n3)c3ccc4ccc(C(=O)N5CCOCC5)cc4n3)nc2c1)N1CCOCC1. The Balaban J connectivity index is 1.14. The molecule has 0 radical (unpaired) electrons. The van der Waals surface area contributed by atoms with Crippen LogP contribution in [0, 0.1) is 0 Å². The fraction of sp³-hybridized carbons (Fsp3) is 0.286. The summed E-state index contributed by atoms with van der Waals surface area (Å²) >= 11 is 0. The van der Waals surface area contributed by atoms with E-state index in [-0.39, 0.29) is 17.7 Å². The van der Waals surface area contributed by atoms with E-state index in [4.69, 9.17) is 29.2 Å². The fourth-order valence-corrected chi connectivity index (χ4v) is 7.29. The Hall–Kier alpha value is -6.02. The number of carbonyl (C=O) groups excluding carboxylic acids is 3. The highest BCUT2D eigenvalue weighted by Crippen LogP contribution is 2.35. The van der Waals surface area contributed by atoms with Crippen molar-refractivity contribution in [1.82, 2.24) is 29.7 Å². The normalized spacial score (nSPS) is 16.5. The van der Waals surface area contributed by atoms with Crippen LogP contribution in [0.25, 0.3) is 32.7 Å². The quantitative estimate of drug-likeness (QED) is 0.224. The molecule has 278 valence electrons. The summed E-state index contributed by atoms with van der Waals surface area (Å²) in [6.07, 6.45) is 0. The molecule has 3 fully saturated rings. The van der Waals surface area contributed by atoms with E-state index in [1.165, 1.54) is 0 Å². The molecule has 0 N–H and O–H groups in total. The number of hydrogen-bond acceptors (Lipinski definition) is 10. The maximum Gasteiger partial charge on any atom is 0.254 e. The molecular formula is C42H39N7O6. The Morgan fingerprint density at radius 1 is 0.418 bits per heavy atom. The van der Waals surface area contributed by atoms with E-state index in [1.54, 1.807) is 14.7 Å². The van der Waals surface area contributed by atoms with Gasteiger partial charge >= 0.3 is 0 Å². The molecule has 0 atom stereocenters. The van der Waals surface area contributed by atoms with Crippen molar-refractivity contribution in [2.75, 3.05) is 83.8 Å². The molecule has 0 saturated carbocycles. The van der Waals surface area contributed by atoms with Gasteiger partial charge in [-0.3, -0.25) is 19.3 Å². The summed E-state index contributed by atoms with van der Waals surface area (Å²) in [4.78, 5) is 62.9. The maximum atomic E-state index is 13.5. The fourth-order valence-electron chi connectivity index (χ4n) is 7.29. The van der Waals surface area contributed by atoms with Gasteiger partial charge < -0.3 is 28.9 Å². The van der Waals surface area contributed by atoms with E-state index in [0.29, 0.717) is 130 Å². The average molecular weight is 738 g/mol. The maximum absolute atomic E-state index is 13.5. The zero-order valence-electron chi connectivity index (χ0n) is 30.2. The summed E-state index contributed by atoms with van der Waals surface area (Å²) in [5.74, 6) is 1.40. The van der Waals surface area contributed by atoms with Crippen molar-refractivity contribution in [3.63, 3.8) is 0 Å². The molecule has 3 aliphatic rings. The number of rotatable bonds is 6. The summed E-state index contributed by atoms with van der Waals surface area (Å²) in [6, 6.07) is 28.3. The van der Waals surface area contributed by atoms with Crippen LogP contribution in [0.1, 0.15) is 31.1 Å². The predicted octanol–water partition coefficient (Wildman–Crippen LogP) is 5.22. The molecule has 0 aliphatic carbocycles. The van der Waals surface area contributed by atoms with Crippen molar-refractivity contribution in [3.05, 3.63) is 108 Å². The minimum absolute atomic E-state index is 0.0634. The molecule has 3 amide bonds. The third-order valence-electron chi connectivity index (χ3n) is 10.4. The van der Waals surface area contributed by atoms with Gasteiger partial charge in [-0.15, -0.1) is 0 Å². The number of anilines is 3. The first-order valence-corrected chi connectivity index (χ1v) is 18.6. The summed E-state index contributed by atoms with van der Waals surface area (Å²) in [5.41, 5.74) is 3.56. The van der Waals surface area contributed by atoms with Gasteiger partial charge in [0.15, 0.2) is 0 Å². The molecule has 3 saturated heterocycles. The molecule has 3 aromatic heterocycles. The number of fused-ring (bicyclic) bond motifs is 3. The minimum atomic E-state index is -0.0634. The van der Waals surface area contributed by atoms with Crippen molar-refractivity contribution in [2.24, 2.45) is 0 Å². The highest BCUT2D eigenvalue weighted by Gasteiger charge is 2.24. The molecule has 3 aromatic carbocycles. The first-order chi connectivity index (χ1) is 27.0. The number of carbonyl (C=O) groups is 3. The Morgan fingerprint density at radius 2 is 0.691 bits per heavy atom. The molecular weight excluding hydrogens is 699 g/mol. The van der Waals surface area contributed by atoms with Crippen molar-refractivity contribution < 1.29 is 28.6 Å². The van der Waals surface area contributed by atoms with E-state index in [1.807, 2.05) is 95.9 Å². The van der Waals surface area contributed by atoms with Crippen LogP contribution in [0.15, 0.2) is 91.0 Å². The van der Waals surface area contributed by atoms with Crippen LogP contribution in [0.5, 0.6) is 0 Å². The van der Waals surface area contributed by atoms with Gasteiger partial charge in [-0.25, -0.2) is 15.0 Å². The lowest BCUT2D eigenvalue weighted by Gasteiger charge is -2.27. The van der Waals surface area contributed by atoms with E-state index < -0.39 is 0 Å². The van der Waals surface area contributed by atoms with Gasteiger partial charge in [0, 0.05) is 72.1 Å². The molecule has 9 rings (SSSR count). The smallest absolute Gasteiger partial charge is 0.254 e. The van der Waals surface area contributed by atoms with Gasteiger partial charge in [0.1, 0.15) is 17.5 Å². The highest BCUT2D eigenvalue weighted by atomic mass is 16.5. The van der Waals surface area contributed by atoms with E-state index >= 15 is 0 Å². The molecule has 55 heavy (non-hydrogen) atoms. The number of amides is 3. The molecule has 3 aliphatic heterocycles. The zero-order chi connectivity index (χ0) is 37.3. The Kier molecular flexibility index (Phi) is 9.48.